The van der Waals surface area contributed by atoms with E-state index in [1.807, 2.05) is 37.3 Å². The molecule has 0 fully saturated rings. The van der Waals surface area contributed by atoms with Crippen LogP contribution in [0.15, 0.2) is 40.9 Å². The molecule has 20 heavy (non-hydrogen) atoms. The molecule has 0 saturated carbocycles. The molecule has 106 valence electrons. The highest BCUT2D eigenvalue weighted by Crippen LogP contribution is 2.23. The number of hydrogen-bond donors (Lipinski definition) is 2. The lowest BCUT2D eigenvalue weighted by Gasteiger charge is -2.08. The molecule has 0 aromatic heterocycles. The Morgan fingerprint density at radius 1 is 1.25 bits per heavy atom. The van der Waals surface area contributed by atoms with Crippen LogP contribution in [0.1, 0.15) is 26.2 Å². The van der Waals surface area contributed by atoms with Gasteiger partial charge in [-0.05, 0) is 54.8 Å². The number of anilines is 1. The normalized spacial score (nSPS) is 12.3. The predicted octanol–water partition coefficient (Wildman–Crippen LogP) is 4.06. The van der Waals surface area contributed by atoms with Crippen LogP contribution in [0.2, 0.25) is 0 Å². The maximum absolute atomic E-state index is 11.8. The van der Waals surface area contributed by atoms with E-state index < -0.39 is 0 Å². The third kappa shape index (κ3) is 4.32. The average Bonchev–Trinajstić information content (AvgIpc) is 2.38. The zero-order chi connectivity index (χ0) is 14.5. The number of nitrogens with two attached hydrogens (primary N) is 1. The topological polar surface area (TPSA) is 55.1 Å². The van der Waals surface area contributed by atoms with E-state index in [1.165, 1.54) is 0 Å². The van der Waals surface area contributed by atoms with Crippen molar-refractivity contribution in [1.82, 2.24) is 0 Å². The summed E-state index contributed by atoms with van der Waals surface area (Å²) >= 11 is 3.45. The predicted molar refractivity (Wildman–Crippen MR) is 87.8 cm³/mol. The molecule has 2 aromatic rings. The second-order valence-corrected chi connectivity index (χ2v) is 6.04. The molecule has 0 aliphatic carbocycles. The molecule has 0 bridgehead atoms. The van der Waals surface area contributed by atoms with E-state index in [2.05, 4.69) is 27.3 Å². The minimum Gasteiger partial charge on any atom is -0.328 e. The van der Waals surface area contributed by atoms with Crippen molar-refractivity contribution in [2.75, 3.05) is 5.32 Å². The Hall–Kier alpha value is -1.39. The summed E-state index contributed by atoms with van der Waals surface area (Å²) < 4.78 is 1.05. The highest BCUT2D eigenvalue weighted by atomic mass is 79.9. The Morgan fingerprint density at radius 2 is 1.95 bits per heavy atom. The van der Waals surface area contributed by atoms with Gasteiger partial charge in [-0.3, -0.25) is 4.79 Å². The second kappa shape index (κ2) is 6.86. The van der Waals surface area contributed by atoms with E-state index in [0.29, 0.717) is 6.42 Å². The number of amides is 1. The van der Waals surface area contributed by atoms with E-state index in [9.17, 15) is 4.79 Å². The molecule has 1 atom stereocenters. The summed E-state index contributed by atoms with van der Waals surface area (Å²) in [5, 5.41) is 5.19. The average molecular weight is 335 g/mol. The number of carbonyl (C=O) groups is 1. The molecule has 3 N–H and O–H groups in total. The molecule has 0 aliphatic rings. The maximum Gasteiger partial charge on any atom is 0.224 e. The largest absolute Gasteiger partial charge is 0.328 e. The van der Waals surface area contributed by atoms with Crippen LogP contribution in [0.5, 0.6) is 0 Å². The maximum atomic E-state index is 11.8. The molecule has 2 rings (SSSR count). The Labute approximate surface area is 127 Å². The first kappa shape index (κ1) is 15.0. The number of fused-ring (bicyclic) bond motifs is 1. The monoisotopic (exact) mass is 334 g/mol. The van der Waals surface area contributed by atoms with Crippen molar-refractivity contribution in [2.24, 2.45) is 5.73 Å². The molecule has 0 saturated heterocycles. The van der Waals surface area contributed by atoms with E-state index in [0.717, 1.165) is 33.8 Å². The number of carbonyl (C=O) groups excluding carboxylic acids is 1. The summed E-state index contributed by atoms with van der Waals surface area (Å²) in [7, 11) is 0. The molecule has 0 aliphatic heterocycles. The van der Waals surface area contributed by atoms with Crippen LogP contribution in [0.3, 0.4) is 0 Å². The summed E-state index contributed by atoms with van der Waals surface area (Å²) in [5.41, 5.74) is 6.51. The SMILES string of the molecule is CC(N)CCCC(=O)Nc1ccc2cc(Br)ccc2c1. The summed E-state index contributed by atoms with van der Waals surface area (Å²) in [6.07, 6.45) is 2.21. The zero-order valence-corrected chi connectivity index (χ0v) is 13.1. The van der Waals surface area contributed by atoms with Gasteiger partial charge in [0.1, 0.15) is 0 Å². The number of nitrogens with one attached hydrogen (secondary N) is 1. The molecular formula is C16H19BrN2O. The van der Waals surface area contributed by atoms with Crippen molar-refractivity contribution >= 4 is 38.3 Å². The van der Waals surface area contributed by atoms with Crippen LogP contribution >= 0.6 is 15.9 Å². The van der Waals surface area contributed by atoms with Gasteiger partial charge in [-0.15, -0.1) is 0 Å². The Kier molecular flexibility index (Phi) is 5.15. The van der Waals surface area contributed by atoms with Gasteiger partial charge >= 0.3 is 0 Å². The quantitative estimate of drug-likeness (QED) is 0.866. The van der Waals surface area contributed by atoms with Gasteiger partial charge in [0.15, 0.2) is 0 Å². The van der Waals surface area contributed by atoms with Crippen molar-refractivity contribution < 1.29 is 4.79 Å². The van der Waals surface area contributed by atoms with Crippen molar-refractivity contribution in [3.8, 4) is 0 Å². The fraction of sp³-hybridized carbons (Fsp3) is 0.312. The smallest absolute Gasteiger partial charge is 0.224 e. The molecule has 0 heterocycles. The molecule has 0 spiro atoms. The zero-order valence-electron chi connectivity index (χ0n) is 11.5. The molecule has 1 amide bonds. The van der Waals surface area contributed by atoms with Gasteiger partial charge in [-0.25, -0.2) is 0 Å². The van der Waals surface area contributed by atoms with Gasteiger partial charge in [-0.2, -0.15) is 0 Å². The van der Waals surface area contributed by atoms with Gasteiger partial charge in [-0.1, -0.05) is 28.1 Å². The van der Waals surface area contributed by atoms with Crippen LogP contribution in [-0.4, -0.2) is 11.9 Å². The summed E-state index contributed by atoms with van der Waals surface area (Å²) in [5.74, 6) is 0.0436. The minimum atomic E-state index is 0.0436. The number of benzene rings is 2. The third-order valence-corrected chi connectivity index (χ3v) is 3.64. The Morgan fingerprint density at radius 3 is 2.70 bits per heavy atom. The highest BCUT2D eigenvalue weighted by Gasteiger charge is 2.04. The lowest BCUT2D eigenvalue weighted by molar-refractivity contribution is -0.116. The first-order valence-electron chi connectivity index (χ1n) is 6.79. The van der Waals surface area contributed by atoms with Gasteiger partial charge in [0.05, 0.1) is 0 Å². The van der Waals surface area contributed by atoms with E-state index in [4.69, 9.17) is 5.73 Å². The van der Waals surface area contributed by atoms with Crippen LogP contribution < -0.4 is 11.1 Å². The first-order chi connectivity index (χ1) is 9.54. The summed E-state index contributed by atoms with van der Waals surface area (Å²) in [6.45, 7) is 1.96. The molecule has 3 nitrogen and oxygen atoms in total. The minimum absolute atomic E-state index is 0.0436. The van der Waals surface area contributed by atoms with Gasteiger partial charge in [0.2, 0.25) is 5.91 Å². The lowest BCUT2D eigenvalue weighted by atomic mass is 10.1. The molecule has 4 heteroatoms. The van der Waals surface area contributed by atoms with Crippen LogP contribution in [0.4, 0.5) is 5.69 Å². The van der Waals surface area contributed by atoms with Gasteiger partial charge in [0, 0.05) is 22.6 Å². The Balaban J connectivity index is 1.99. The molecule has 2 aromatic carbocycles. The van der Waals surface area contributed by atoms with Crippen molar-refractivity contribution in [3.05, 3.63) is 40.9 Å². The standard InChI is InChI=1S/C16H19BrN2O/c1-11(18)3-2-4-16(20)19-15-8-6-12-9-14(17)7-5-13(12)10-15/h5-11H,2-4,18H2,1H3,(H,19,20). The third-order valence-electron chi connectivity index (χ3n) is 3.15. The van der Waals surface area contributed by atoms with Gasteiger partial charge in [0.25, 0.3) is 0 Å². The number of rotatable bonds is 5. The number of hydrogen-bond acceptors (Lipinski definition) is 2. The van der Waals surface area contributed by atoms with E-state index >= 15 is 0 Å². The second-order valence-electron chi connectivity index (χ2n) is 5.12. The van der Waals surface area contributed by atoms with Crippen molar-refractivity contribution in [3.63, 3.8) is 0 Å². The van der Waals surface area contributed by atoms with Crippen molar-refractivity contribution in [1.29, 1.82) is 0 Å². The Bertz CT molecular complexity index is 610. The summed E-state index contributed by atoms with van der Waals surface area (Å²) in [4.78, 5) is 11.8. The van der Waals surface area contributed by atoms with E-state index in [-0.39, 0.29) is 11.9 Å². The van der Waals surface area contributed by atoms with Crippen LogP contribution in [0.25, 0.3) is 10.8 Å². The highest BCUT2D eigenvalue weighted by molar-refractivity contribution is 9.10. The first-order valence-corrected chi connectivity index (χ1v) is 7.58. The van der Waals surface area contributed by atoms with E-state index in [1.54, 1.807) is 0 Å². The lowest BCUT2D eigenvalue weighted by Crippen LogP contribution is -2.16. The molecule has 0 radical (unpaired) electrons. The summed E-state index contributed by atoms with van der Waals surface area (Å²) in [6, 6.07) is 12.2. The molecule has 1 unspecified atom stereocenters. The fourth-order valence-corrected chi connectivity index (χ4v) is 2.48. The fourth-order valence-electron chi connectivity index (χ4n) is 2.10. The van der Waals surface area contributed by atoms with Crippen LogP contribution in [-0.2, 0) is 4.79 Å². The van der Waals surface area contributed by atoms with Crippen LogP contribution in [0, 0.1) is 0 Å². The molecular weight excluding hydrogens is 316 g/mol. The number of halogens is 1. The van der Waals surface area contributed by atoms with Crippen molar-refractivity contribution in [2.45, 2.75) is 32.2 Å². The van der Waals surface area contributed by atoms with Gasteiger partial charge < -0.3 is 11.1 Å².